The van der Waals surface area contributed by atoms with Gasteiger partial charge in [-0.25, -0.2) is 44.6 Å². The Morgan fingerprint density at radius 3 is 1.46 bits per heavy atom. The number of nitriles is 2. The van der Waals surface area contributed by atoms with Crippen molar-refractivity contribution in [2.75, 3.05) is 85.6 Å². The van der Waals surface area contributed by atoms with Gasteiger partial charge in [-0.15, -0.1) is 11.5 Å². The number of azide groups is 1. The van der Waals surface area contributed by atoms with Gasteiger partial charge in [0.05, 0.1) is 97.0 Å². The first-order chi connectivity index (χ1) is 55.3. The number of aliphatic hydroxyl groups is 2. The number of methoxy groups -OCH3 is 1. The van der Waals surface area contributed by atoms with Gasteiger partial charge in [0.1, 0.15) is 33.4 Å². The summed E-state index contributed by atoms with van der Waals surface area (Å²) in [6.45, 7) is 16.2. The number of carbonyl (C=O) groups excluding carboxylic acids is 7. The molecule has 0 unspecified atom stereocenters. The molecule has 0 saturated carbocycles. The molecule has 11 heterocycles. The van der Waals surface area contributed by atoms with Crippen molar-refractivity contribution in [2.45, 2.75) is 140 Å². The van der Waals surface area contributed by atoms with Crippen LogP contribution in [0.4, 0.5) is 29.4 Å². The van der Waals surface area contributed by atoms with E-state index in [1.54, 1.807) is 53.2 Å². The predicted molar refractivity (Wildman–Crippen MR) is 447 cm³/mol. The Morgan fingerprint density at radius 2 is 1.01 bits per heavy atom. The summed E-state index contributed by atoms with van der Waals surface area (Å²) in [6, 6.07) is 45.3. The SMILES string of the molecule is C.C.C.C#Cc1cc(-c2cccc(C#N)c2)nc(N)n1.CC1CCN(c2cccc(Cn3cc(-c4cc(-c5cccc(C#N)c5)nc(N)n4)nn3)n2)CC1.CCC1CCN(c2cccc(CN=[N+]=[N-])n2)CC1.CCC1CCN(c2cccc(CO)n2)CC1.COC(=O)CC1CCNCC1.O=C=O.O=C=O.O=C=O.OCc1cccc(Br)n1. The second kappa shape index (κ2) is 57.2. The Kier molecular flexibility index (Phi) is 49.0. The summed E-state index contributed by atoms with van der Waals surface area (Å²) < 4.78 is 7.10. The largest absolute Gasteiger partial charge is 0.469 e. The quantitative estimate of drug-likeness (QED) is 0.0150. The van der Waals surface area contributed by atoms with E-state index in [1.165, 1.54) is 58.5 Å². The first-order valence-electron chi connectivity index (χ1n) is 36.8. The minimum Gasteiger partial charge on any atom is -0.469 e. The molecule has 0 amide bonds. The molecule has 0 spiro atoms. The summed E-state index contributed by atoms with van der Waals surface area (Å²) in [5, 5.41) is 51.0. The summed E-state index contributed by atoms with van der Waals surface area (Å²) >= 11 is 3.18. The highest BCUT2D eigenvalue weighted by Crippen LogP contribution is 2.29. The van der Waals surface area contributed by atoms with Crippen molar-refractivity contribution in [3.63, 3.8) is 0 Å². The van der Waals surface area contributed by atoms with E-state index in [9.17, 15) is 10.1 Å². The number of aliphatic hydroxyl groups excluding tert-OH is 2. The normalized spacial score (nSPS) is 13.2. The Bertz CT molecular complexity index is 4700. The average Bonchev–Trinajstić information content (AvgIpc) is 1.76. The molecular formula is C84H105BrN22O10. The number of rotatable bonds is 16. The number of nitrogens with zero attached hydrogens (tertiary/aromatic N) is 19. The molecule has 7 aromatic heterocycles. The van der Waals surface area contributed by atoms with Crippen molar-refractivity contribution in [1.82, 2.24) is 60.2 Å². The van der Waals surface area contributed by atoms with Crippen LogP contribution in [0.3, 0.4) is 0 Å². The number of carbonyl (C=O) groups is 1. The fourth-order valence-corrected chi connectivity index (χ4v) is 12.6. The lowest BCUT2D eigenvalue weighted by Crippen LogP contribution is -2.34. The molecule has 618 valence electrons. The number of nitrogens with one attached hydrogen (secondary N) is 1. The molecule has 0 aliphatic carbocycles. The van der Waals surface area contributed by atoms with Crippen LogP contribution in [0.15, 0.2) is 149 Å². The van der Waals surface area contributed by atoms with Crippen LogP contribution >= 0.6 is 15.9 Å². The smallest absolute Gasteiger partial charge is 0.373 e. The molecule has 9 aromatic rings. The predicted octanol–water partition coefficient (Wildman–Crippen LogP) is 12.9. The molecule has 2 aromatic carbocycles. The van der Waals surface area contributed by atoms with Gasteiger partial charge in [0.2, 0.25) is 11.9 Å². The lowest BCUT2D eigenvalue weighted by atomic mass is 9.94. The van der Waals surface area contributed by atoms with Gasteiger partial charge in [-0.1, -0.05) is 121 Å². The molecule has 33 heteroatoms. The molecular weight excluding hydrogens is 1560 g/mol. The van der Waals surface area contributed by atoms with E-state index in [1.807, 2.05) is 85.1 Å². The van der Waals surface area contributed by atoms with Gasteiger partial charge < -0.3 is 46.4 Å². The Hall–Kier alpha value is -12.8. The number of esters is 1. The highest BCUT2D eigenvalue weighted by molar-refractivity contribution is 9.10. The van der Waals surface area contributed by atoms with Gasteiger partial charge in [0.15, 0.2) is 0 Å². The number of halogens is 1. The summed E-state index contributed by atoms with van der Waals surface area (Å²) in [4.78, 5) is 104. The van der Waals surface area contributed by atoms with Crippen molar-refractivity contribution in [1.29, 1.82) is 10.5 Å². The number of aromatic nitrogens is 11. The standard InChI is InChI=1S/C25H25N9.C13H19N5.C13H8N4.C13H20N2O.C8H15NO2.C6H6BrNO.3CO2.3CH4/c1-17-8-10-33(11-9-17)24-7-3-6-20(28-24)15-34-16-23(31-32-34)22-13-21(29-25(27)30-22)19-5-2-4-18(12-19)14-26;1-2-11-6-8-18(9-7-11)13-5-3-4-12(16-13)10-15-17-14;1-2-11-7-12(17-13(15)16-11)10-5-3-4-9(6-10)8-14;1-2-11-6-8-15(9-7-11)13-5-3-4-12(10-16)14-13;1-11-8(10)6-7-2-4-9-5-3-7;7-6-3-1-2-5(4-9)8-6;3*2-1-3;;;/h2-7,12-13,16-17H,8-11,15H2,1H3,(H2,27,29,30);3-5,11H,2,6-10H2,1H3;1,3-7H,(H2,15,16,17);3-5,11,16H,2,6-10H2,1H3;7,9H,2-6H2,1H3;1-3,9H,4H2;;;;3*1H4. The number of anilines is 5. The number of hydrogen-bond acceptors (Lipinski definition) is 29. The molecule has 32 nitrogen and oxygen atoms in total. The molecule has 117 heavy (non-hydrogen) atoms. The summed E-state index contributed by atoms with van der Waals surface area (Å²) in [5.41, 5.74) is 28.6. The summed E-state index contributed by atoms with van der Waals surface area (Å²) in [5.74, 6) is 8.71. The highest BCUT2D eigenvalue weighted by Gasteiger charge is 2.22. The number of terminal acetylenes is 1. The zero-order chi connectivity index (χ0) is 82.8. The van der Waals surface area contributed by atoms with E-state index < -0.39 is 0 Å². The highest BCUT2D eigenvalue weighted by atomic mass is 79.9. The zero-order valence-corrected chi connectivity index (χ0v) is 65.7. The molecule has 13 rings (SSSR count). The fraction of sp³-hybridized carbons (Fsp3) is 0.405. The van der Waals surface area contributed by atoms with Gasteiger partial charge in [0, 0.05) is 67.4 Å². The third kappa shape index (κ3) is 36.5. The summed E-state index contributed by atoms with van der Waals surface area (Å²) in [7, 11) is 1.45. The van der Waals surface area contributed by atoms with Gasteiger partial charge in [0.25, 0.3) is 0 Å². The first kappa shape index (κ1) is 100. The topological polar surface area (TPSA) is 473 Å². The second-order valence-corrected chi connectivity index (χ2v) is 26.8. The molecule has 0 radical (unpaired) electrons. The monoisotopic (exact) mass is 1660 g/mol. The van der Waals surface area contributed by atoms with E-state index in [2.05, 4.69) is 141 Å². The minimum absolute atomic E-state index is 0. The van der Waals surface area contributed by atoms with E-state index in [4.69, 9.17) is 72.6 Å². The lowest BCUT2D eigenvalue weighted by molar-refractivity contribution is -0.193. The fourth-order valence-electron chi connectivity index (χ4n) is 12.2. The van der Waals surface area contributed by atoms with Crippen LogP contribution in [0.1, 0.15) is 153 Å². The van der Waals surface area contributed by atoms with Crippen LogP contribution in [0.5, 0.6) is 0 Å². The maximum atomic E-state index is 10.8. The summed E-state index contributed by atoms with van der Waals surface area (Å²) in [6.07, 6.45) is 20.6. The zero-order valence-electron chi connectivity index (χ0n) is 64.1. The Morgan fingerprint density at radius 1 is 0.581 bits per heavy atom. The average molecular weight is 1660 g/mol. The molecule has 4 aliphatic rings. The first-order valence-corrected chi connectivity index (χ1v) is 37.5. The lowest BCUT2D eigenvalue weighted by Gasteiger charge is -2.32. The van der Waals surface area contributed by atoms with Crippen LogP contribution in [0.2, 0.25) is 0 Å². The van der Waals surface area contributed by atoms with Crippen LogP contribution in [-0.4, -0.2) is 149 Å². The van der Waals surface area contributed by atoms with Crippen molar-refractivity contribution >= 4 is 69.7 Å². The molecule has 4 fully saturated rings. The number of ether oxygens (including phenoxy) is 1. The number of nitrogen functional groups attached to an aromatic ring is 2. The molecule has 0 atom stereocenters. The van der Waals surface area contributed by atoms with Crippen LogP contribution in [-0.2, 0) is 64.6 Å². The number of benzene rings is 2. The number of pyridine rings is 4. The van der Waals surface area contributed by atoms with Crippen molar-refractivity contribution in [2.24, 2.45) is 28.8 Å². The molecule has 4 saturated heterocycles. The van der Waals surface area contributed by atoms with Crippen LogP contribution < -0.4 is 31.5 Å². The molecule has 4 aliphatic heterocycles. The molecule has 0 bridgehead atoms. The van der Waals surface area contributed by atoms with Gasteiger partial charge in [-0.05, 0) is 195 Å². The number of hydrogen-bond donors (Lipinski definition) is 5. The second-order valence-electron chi connectivity index (χ2n) is 26.0. The number of nitrogens with two attached hydrogens (primary N) is 2. The minimum atomic E-state index is -0.0723. The van der Waals surface area contributed by atoms with Crippen LogP contribution in [0, 0.1) is 58.7 Å². The Balaban J connectivity index is 0.000000487. The van der Waals surface area contributed by atoms with Crippen molar-refractivity contribution in [3.8, 4) is 58.4 Å². The van der Waals surface area contributed by atoms with Crippen molar-refractivity contribution < 1.29 is 48.5 Å². The maximum Gasteiger partial charge on any atom is 0.373 e. The van der Waals surface area contributed by atoms with Crippen molar-refractivity contribution in [3.05, 3.63) is 194 Å². The number of piperidine rings is 4. The van der Waals surface area contributed by atoms with E-state index in [0.29, 0.717) is 70.7 Å². The third-order valence-electron chi connectivity index (χ3n) is 18.4. The van der Waals surface area contributed by atoms with Gasteiger partial charge in [-0.3, -0.25) is 4.79 Å². The van der Waals surface area contributed by atoms with E-state index >= 15 is 0 Å². The maximum absolute atomic E-state index is 10.8. The van der Waals surface area contributed by atoms with Gasteiger partial charge in [-0.2, -0.15) is 39.3 Å². The third-order valence-corrected chi connectivity index (χ3v) is 18.8. The Labute approximate surface area is 692 Å². The molecule has 7 N–H and O–H groups in total. The van der Waals surface area contributed by atoms with Gasteiger partial charge >= 0.3 is 24.4 Å². The van der Waals surface area contributed by atoms with E-state index in [-0.39, 0.29) is 71.8 Å². The van der Waals surface area contributed by atoms with Crippen LogP contribution in [0.25, 0.3) is 44.3 Å². The van der Waals surface area contributed by atoms with E-state index in [0.717, 1.165) is 133 Å².